The van der Waals surface area contributed by atoms with Crippen LogP contribution in [0.2, 0.25) is 0 Å². The number of halogens is 1. The Labute approximate surface area is 144 Å². The van der Waals surface area contributed by atoms with E-state index in [-0.39, 0.29) is 17.6 Å². The van der Waals surface area contributed by atoms with Crippen LogP contribution < -0.4 is 5.43 Å². The molecule has 1 heterocycles. The van der Waals surface area contributed by atoms with Crippen molar-refractivity contribution in [3.8, 4) is 11.1 Å². The fraction of sp³-hybridized carbons (Fsp3) is 0.200. The number of carbonyl (C=O) groups excluding carboxylic acids is 1. The number of benzene rings is 2. The Hall–Kier alpha value is -2.95. The zero-order chi connectivity index (χ0) is 18.0. The number of pyridine rings is 1. The van der Waals surface area contributed by atoms with Crippen LogP contribution in [0, 0.1) is 5.82 Å². The van der Waals surface area contributed by atoms with E-state index in [4.69, 9.17) is 4.74 Å². The van der Waals surface area contributed by atoms with Crippen molar-refractivity contribution in [2.24, 2.45) is 0 Å². The smallest absolute Gasteiger partial charge is 0.343 e. The Balaban J connectivity index is 2.31. The van der Waals surface area contributed by atoms with Crippen LogP contribution in [-0.4, -0.2) is 17.6 Å². The van der Waals surface area contributed by atoms with Crippen LogP contribution in [0.1, 0.15) is 29.8 Å². The number of hydrogen-bond acceptors (Lipinski definition) is 3. The average Bonchev–Trinajstić information content (AvgIpc) is 2.63. The summed E-state index contributed by atoms with van der Waals surface area (Å²) in [5, 5.41) is 0.199. The monoisotopic (exact) mass is 339 g/mol. The molecule has 0 atom stereocenters. The number of ether oxygens (including phenoxy) is 1. The highest BCUT2D eigenvalue weighted by molar-refractivity contribution is 5.96. The summed E-state index contributed by atoms with van der Waals surface area (Å²) in [4.78, 5) is 27.6. The van der Waals surface area contributed by atoms with E-state index in [9.17, 15) is 9.59 Å². The molecule has 0 aliphatic heterocycles. The molecule has 0 saturated heterocycles. The second-order valence-corrected chi connectivity index (χ2v) is 5.61. The van der Waals surface area contributed by atoms with E-state index in [0.29, 0.717) is 23.1 Å². The highest BCUT2D eigenvalue weighted by Crippen LogP contribution is 2.30. The molecule has 0 spiro atoms. The third-order valence-corrected chi connectivity index (χ3v) is 4.14. The lowest BCUT2D eigenvalue weighted by Gasteiger charge is -2.12. The predicted octanol–water partition coefficient (Wildman–Crippen LogP) is 4.07. The zero-order valence-electron chi connectivity index (χ0n) is 14.1. The number of aryl methyl sites for hydroxylation is 1. The van der Waals surface area contributed by atoms with E-state index < -0.39 is 17.2 Å². The third kappa shape index (κ3) is 2.93. The lowest BCUT2D eigenvalue weighted by molar-refractivity contribution is 0.0524. The van der Waals surface area contributed by atoms with Crippen molar-refractivity contribution in [1.29, 1.82) is 0 Å². The number of hydrogen-bond donors (Lipinski definition) is 1. The van der Waals surface area contributed by atoms with Crippen LogP contribution in [0.25, 0.3) is 22.0 Å². The SMILES string of the molecule is CCOC(=O)c1c[nH]c2cc(-c3ccccc3)c(F)c(CC)c2c1=O. The summed E-state index contributed by atoms with van der Waals surface area (Å²) in [5.74, 6) is -1.15. The Bertz CT molecular complexity index is 993. The maximum Gasteiger partial charge on any atom is 0.343 e. The molecule has 0 saturated carbocycles. The fourth-order valence-electron chi connectivity index (χ4n) is 2.96. The molecule has 4 nitrogen and oxygen atoms in total. The molecule has 0 bridgehead atoms. The first-order valence-electron chi connectivity index (χ1n) is 8.17. The van der Waals surface area contributed by atoms with Gasteiger partial charge >= 0.3 is 5.97 Å². The summed E-state index contributed by atoms with van der Waals surface area (Å²) in [7, 11) is 0. The maximum absolute atomic E-state index is 15.1. The van der Waals surface area contributed by atoms with Crippen LogP contribution >= 0.6 is 0 Å². The summed E-state index contributed by atoms with van der Waals surface area (Å²) in [6, 6.07) is 10.8. The Kier molecular flexibility index (Phi) is 4.65. The number of rotatable bonds is 4. The first-order chi connectivity index (χ1) is 12.1. The highest BCUT2D eigenvalue weighted by atomic mass is 19.1. The molecule has 2 aromatic carbocycles. The fourth-order valence-corrected chi connectivity index (χ4v) is 2.96. The number of aromatic amines is 1. The molecule has 128 valence electrons. The topological polar surface area (TPSA) is 59.2 Å². The van der Waals surface area contributed by atoms with Crippen molar-refractivity contribution in [2.45, 2.75) is 20.3 Å². The van der Waals surface area contributed by atoms with Crippen LogP contribution in [0.15, 0.2) is 47.4 Å². The minimum absolute atomic E-state index is 0.115. The van der Waals surface area contributed by atoms with Crippen LogP contribution in [-0.2, 0) is 11.2 Å². The zero-order valence-corrected chi connectivity index (χ0v) is 14.1. The van der Waals surface area contributed by atoms with Crippen LogP contribution in [0.3, 0.4) is 0 Å². The van der Waals surface area contributed by atoms with E-state index in [0.717, 1.165) is 5.56 Å². The summed E-state index contributed by atoms with van der Waals surface area (Å²) in [5.41, 5.74) is 1.31. The average molecular weight is 339 g/mol. The van der Waals surface area contributed by atoms with Gasteiger partial charge in [-0.05, 0) is 25.0 Å². The predicted molar refractivity (Wildman–Crippen MR) is 95.3 cm³/mol. The Morgan fingerprint density at radius 2 is 1.92 bits per heavy atom. The maximum atomic E-state index is 15.1. The van der Waals surface area contributed by atoms with Crippen molar-refractivity contribution >= 4 is 16.9 Å². The van der Waals surface area contributed by atoms with Gasteiger partial charge in [0.1, 0.15) is 11.4 Å². The van der Waals surface area contributed by atoms with E-state index in [2.05, 4.69) is 4.98 Å². The van der Waals surface area contributed by atoms with Gasteiger partial charge in [-0.3, -0.25) is 4.79 Å². The van der Waals surface area contributed by atoms with E-state index in [1.54, 1.807) is 19.9 Å². The molecule has 0 unspecified atom stereocenters. The second kappa shape index (κ2) is 6.89. The molecule has 0 fully saturated rings. The van der Waals surface area contributed by atoms with Gasteiger partial charge in [-0.25, -0.2) is 9.18 Å². The first kappa shape index (κ1) is 16.9. The molecule has 0 amide bonds. The minimum atomic E-state index is -0.708. The van der Waals surface area contributed by atoms with Gasteiger partial charge in [0.05, 0.1) is 17.5 Å². The Morgan fingerprint density at radius 1 is 1.20 bits per heavy atom. The molecule has 3 aromatic rings. The van der Waals surface area contributed by atoms with E-state index >= 15 is 4.39 Å². The van der Waals surface area contributed by atoms with Crippen molar-refractivity contribution < 1.29 is 13.9 Å². The standard InChI is InChI=1S/C20H18FNO3/c1-3-13-17-16(22-11-15(19(17)23)20(24)25-4-2)10-14(18(13)21)12-8-6-5-7-9-12/h5-11H,3-4H2,1-2H3,(H,22,23). The normalized spacial score (nSPS) is 10.8. The largest absolute Gasteiger partial charge is 0.462 e. The van der Waals surface area contributed by atoms with Gasteiger partial charge in [0, 0.05) is 17.3 Å². The van der Waals surface area contributed by atoms with E-state index in [1.165, 1.54) is 6.20 Å². The molecule has 3 rings (SSSR count). The Morgan fingerprint density at radius 3 is 2.56 bits per heavy atom. The van der Waals surface area contributed by atoms with Crippen molar-refractivity contribution in [3.05, 3.63) is 69.8 Å². The number of carbonyl (C=O) groups is 1. The van der Waals surface area contributed by atoms with Crippen molar-refractivity contribution in [2.75, 3.05) is 6.61 Å². The molecule has 25 heavy (non-hydrogen) atoms. The molecule has 0 aliphatic rings. The van der Waals surface area contributed by atoms with Gasteiger partial charge in [-0.15, -0.1) is 0 Å². The summed E-state index contributed by atoms with van der Waals surface area (Å²) in [6.07, 6.45) is 1.66. The molecular formula is C20H18FNO3. The number of nitrogens with one attached hydrogen (secondary N) is 1. The summed E-state index contributed by atoms with van der Waals surface area (Å²) < 4.78 is 20.0. The molecule has 1 aromatic heterocycles. The molecule has 0 radical (unpaired) electrons. The first-order valence-corrected chi connectivity index (χ1v) is 8.17. The third-order valence-electron chi connectivity index (χ3n) is 4.14. The number of H-pyrrole nitrogens is 1. The quantitative estimate of drug-likeness (QED) is 0.729. The van der Waals surface area contributed by atoms with Gasteiger partial charge in [0.25, 0.3) is 0 Å². The second-order valence-electron chi connectivity index (χ2n) is 5.61. The number of fused-ring (bicyclic) bond motifs is 1. The van der Waals surface area contributed by atoms with Gasteiger partial charge in [-0.2, -0.15) is 0 Å². The molecule has 1 N–H and O–H groups in total. The van der Waals surface area contributed by atoms with Gasteiger partial charge < -0.3 is 9.72 Å². The molecule has 5 heteroatoms. The number of esters is 1. The van der Waals surface area contributed by atoms with Gasteiger partial charge in [-0.1, -0.05) is 37.3 Å². The van der Waals surface area contributed by atoms with Crippen LogP contribution in [0.5, 0.6) is 0 Å². The van der Waals surface area contributed by atoms with Gasteiger partial charge in [0.15, 0.2) is 0 Å². The number of aromatic nitrogens is 1. The highest BCUT2D eigenvalue weighted by Gasteiger charge is 2.20. The van der Waals surface area contributed by atoms with Crippen molar-refractivity contribution in [3.63, 3.8) is 0 Å². The lowest BCUT2D eigenvalue weighted by atomic mass is 9.96. The summed E-state index contributed by atoms with van der Waals surface area (Å²) >= 11 is 0. The van der Waals surface area contributed by atoms with E-state index in [1.807, 2.05) is 30.3 Å². The molecule has 0 aliphatic carbocycles. The lowest BCUT2D eigenvalue weighted by Crippen LogP contribution is -2.19. The van der Waals surface area contributed by atoms with Crippen LogP contribution in [0.4, 0.5) is 4.39 Å². The summed E-state index contributed by atoms with van der Waals surface area (Å²) in [6.45, 7) is 3.61. The van der Waals surface area contributed by atoms with Gasteiger partial charge in [0.2, 0.25) is 5.43 Å². The molecular weight excluding hydrogens is 321 g/mol. The minimum Gasteiger partial charge on any atom is -0.462 e. The van der Waals surface area contributed by atoms with Crippen molar-refractivity contribution in [1.82, 2.24) is 4.98 Å².